The number of rotatable bonds is 2. The van der Waals surface area contributed by atoms with E-state index in [4.69, 9.17) is 0 Å². The van der Waals surface area contributed by atoms with Crippen molar-refractivity contribution >= 4 is 0 Å². The Morgan fingerprint density at radius 3 is 2.75 bits per heavy atom. The van der Waals surface area contributed by atoms with Crippen LogP contribution in [0.4, 0.5) is 8.78 Å². The summed E-state index contributed by atoms with van der Waals surface area (Å²) in [5.74, 6) is -0.916. The molecule has 3 rings (SSSR count). The highest BCUT2D eigenvalue weighted by Gasteiger charge is 2.25. The molecule has 1 heterocycles. The van der Waals surface area contributed by atoms with E-state index in [1.165, 1.54) is 12.1 Å². The molecule has 16 heavy (non-hydrogen) atoms. The quantitative estimate of drug-likeness (QED) is 0.780. The van der Waals surface area contributed by atoms with Gasteiger partial charge >= 0.3 is 0 Å². The van der Waals surface area contributed by atoms with Gasteiger partial charge in [0.05, 0.1) is 11.6 Å². The molecule has 1 aromatic heterocycles. The van der Waals surface area contributed by atoms with Crippen molar-refractivity contribution in [2.75, 3.05) is 0 Å². The second-order valence-electron chi connectivity index (χ2n) is 3.90. The molecule has 82 valence electrons. The van der Waals surface area contributed by atoms with Crippen LogP contribution in [0.15, 0.2) is 24.5 Å². The van der Waals surface area contributed by atoms with Crippen molar-refractivity contribution in [3.63, 3.8) is 0 Å². The van der Waals surface area contributed by atoms with Gasteiger partial charge < -0.3 is 0 Å². The highest BCUT2D eigenvalue weighted by Crippen LogP contribution is 2.34. The van der Waals surface area contributed by atoms with Gasteiger partial charge in [0.15, 0.2) is 5.82 Å². The van der Waals surface area contributed by atoms with Crippen LogP contribution in [0.25, 0.3) is 11.4 Å². The van der Waals surface area contributed by atoms with Crippen molar-refractivity contribution in [1.82, 2.24) is 14.8 Å². The van der Waals surface area contributed by atoms with E-state index in [1.54, 1.807) is 11.0 Å². The van der Waals surface area contributed by atoms with Gasteiger partial charge in [-0.05, 0) is 25.0 Å². The zero-order valence-corrected chi connectivity index (χ0v) is 8.40. The summed E-state index contributed by atoms with van der Waals surface area (Å²) in [7, 11) is 0. The molecule has 3 nitrogen and oxygen atoms in total. The molecular formula is C11H9F2N3. The van der Waals surface area contributed by atoms with Crippen LogP contribution in [-0.2, 0) is 0 Å². The maximum Gasteiger partial charge on any atom is 0.184 e. The number of halogens is 2. The number of benzene rings is 1. The SMILES string of the molecule is Fc1ccc(-c2ncn(C3CC3)n2)c(F)c1. The zero-order valence-electron chi connectivity index (χ0n) is 8.40. The van der Waals surface area contributed by atoms with Crippen LogP contribution in [0.3, 0.4) is 0 Å². The van der Waals surface area contributed by atoms with Gasteiger partial charge in [-0.1, -0.05) is 0 Å². The first kappa shape index (κ1) is 9.45. The fraction of sp³-hybridized carbons (Fsp3) is 0.273. The molecule has 0 spiro atoms. The first-order valence-electron chi connectivity index (χ1n) is 5.10. The Hall–Kier alpha value is -1.78. The van der Waals surface area contributed by atoms with E-state index in [-0.39, 0.29) is 5.56 Å². The summed E-state index contributed by atoms with van der Waals surface area (Å²) in [6.07, 6.45) is 3.78. The van der Waals surface area contributed by atoms with Gasteiger partial charge in [0.2, 0.25) is 0 Å². The standard InChI is InChI=1S/C11H9F2N3/c12-7-1-4-9(10(13)5-7)11-14-6-16(15-11)8-2-3-8/h1,4-6,8H,2-3H2. The van der Waals surface area contributed by atoms with Crippen molar-refractivity contribution in [2.24, 2.45) is 0 Å². The molecule has 2 aromatic rings. The van der Waals surface area contributed by atoms with E-state index in [2.05, 4.69) is 10.1 Å². The van der Waals surface area contributed by atoms with Crippen LogP contribution in [0.5, 0.6) is 0 Å². The lowest BCUT2D eigenvalue weighted by Gasteiger charge is -1.98. The maximum atomic E-state index is 13.4. The molecule has 0 radical (unpaired) electrons. The van der Waals surface area contributed by atoms with Gasteiger partial charge in [-0.25, -0.2) is 18.4 Å². The molecule has 0 unspecified atom stereocenters. The first-order chi connectivity index (χ1) is 7.74. The normalized spacial score (nSPS) is 15.4. The van der Waals surface area contributed by atoms with Gasteiger partial charge in [0.25, 0.3) is 0 Å². The minimum absolute atomic E-state index is 0.237. The number of aromatic nitrogens is 3. The van der Waals surface area contributed by atoms with Gasteiger partial charge in [-0.2, -0.15) is 5.10 Å². The number of nitrogens with zero attached hydrogens (tertiary/aromatic N) is 3. The third kappa shape index (κ3) is 1.58. The van der Waals surface area contributed by atoms with Crippen molar-refractivity contribution in [2.45, 2.75) is 18.9 Å². The Kier molecular flexibility index (Phi) is 1.99. The molecular weight excluding hydrogens is 212 g/mol. The Labute approximate surface area is 90.7 Å². The molecule has 0 aliphatic heterocycles. The molecule has 1 saturated carbocycles. The maximum absolute atomic E-state index is 13.4. The molecule has 0 saturated heterocycles. The average Bonchev–Trinajstić information content (AvgIpc) is 2.98. The molecule has 1 fully saturated rings. The zero-order chi connectivity index (χ0) is 11.1. The van der Waals surface area contributed by atoms with Crippen LogP contribution in [-0.4, -0.2) is 14.8 Å². The highest BCUT2D eigenvalue weighted by molar-refractivity contribution is 5.54. The molecule has 1 aliphatic rings. The van der Waals surface area contributed by atoms with E-state index in [0.29, 0.717) is 11.9 Å². The highest BCUT2D eigenvalue weighted by atomic mass is 19.1. The van der Waals surface area contributed by atoms with E-state index in [9.17, 15) is 8.78 Å². The van der Waals surface area contributed by atoms with E-state index >= 15 is 0 Å². The van der Waals surface area contributed by atoms with E-state index in [1.807, 2.05) is 0 Å². The van der Waals surface area contributed by atoms with Crippen LogP contribution in [0.1, 0.15) is 18.9 Å². The minimum Gasteiger partial charge on any atom is -0.249 e. The smallest absolute Gasteiger partial charge is 0.184 e. The lowest BCUT2D eigenvalue weighted by molar-refractivity contribution is 0.584. The van der Waals surface area contributed by atoms with Crippen LogP contribution < -0.4 is 0 Å². The van der Waals surface area contributed by atoms with E-state index < -0.39 is 11.6 Å². The third-order valence-electron chi connectivity index (χ3n) is 2.60. The van der Waals surface area contributed by atoms with Gasteiger partial charge in [0, 0.05) is 6.07 Å². The first-order valence-corrected chi connectivity index (χ1v) is 5.10. The minimum atomic E-state index is -0.631. The van der Waals surface area contributed by atoms with Crippen LogP contribution >= 0.6 is 0 Å². The molecule has 1 aliphatic carbocycles. The van der Waals surface area contributed by atoms with Gasteiger partial charge in [-0.15, -0.1) is 0 Å². The average molecular weight is 221 g/mol. The second kappa shape index (κ2) is 3.37. The Morgan fingerprint density at radius 1 is 1.25 bits per heavy atom. The Morgan fingerprint density at radius 2 is 2.06 bits per heavy atom. The Balaban J connectivity index is 2.00. The fourth-order valence-corrected chi connectivity index (χ4v) is 1.58. The summed E-state index contributed by atoms with van der Waals surface area (Å²) >= 11 is 0. The predicted molar refractivity (Wildman–Crippen MR) is 53.6 cm³/mol. The summed E-state index contributed by atoms with van der Waals surface area (Å²) in [5.41, 5.74) is 0.237. The van der Waals surface area contributed by atoms with Crippen LogP contribution in [0.2, 0.25) is 0 Å². The van der Waals surface area contributed by atoms with Crippen molar-refractivity contribution < 1.29 is 8.78 Å². The molecule has 0 bridgehead atoms. The summed E-state index contributed by atoms with van der Waals surface area (Å²) in [6, 6.07) is 3.81. The van der Waals surface area contributed by atoms with Crippen molar-refractivity contribution in [1.29, 1.82) is 0 Å². The second-order valence-corrected chi connectivity index (χ2v) is 3.90. The summed E-state index contributed by atoms with van der Waals surface area (Å²) in [6.45, 7) is 0. The number of hydrogen-bond acceptors (Lipinski definition) is 2. The summed E-state index contributed by atoms with van der Waals surface area (Å²) in [4.78, 5) is 4.03. The molecule has 0 amide bonds. The lowest BCUT2D eigenvalue weighted by atomic mass is 10.2. The largest absolute Gasteiger partial charge is 0.249 e. The monoisotopic (exact) mass is 221 g/mol. The summed E-state index contributed by atoms with van der Waals surface area (Å²) in [5, 5.41) is 4.18. The molecule has 0 N–H and O–H groups in total. The molecule has 5 heteroatoms. The van der Waals surface area contributed by atoms with Crippen molar-refractivity contribution in [3.05, 3.63) is 36.2 Å². The third-order valence-corrected chi connectivity index (χ3v) is 2.60. The lowest BCUT2D eigenvalue weighted by Crippen LogP contribution is -1.94. The number of hydrogen-bond donors (Lipinski definition) is 0. The fourth-order valence-electron chi connectivity index (χ4n) is 1.58. The Bertz CT molecular complexity index is 532. The van der Waals surface area contributed by atoms with Gasteiger partial charge in [-0.3, -0.25) is 0 Å². The van der Waals surface area contributed by atoms with Gasteiger partial charge in [0.1, 0.15) is 18.0 Å². The predicted octanol–water partition coefficient (Wildman–Crippen LogP) is 2.56. The van der Waals surface area contributed by atoms with Crippen LogP contribution in [0, 0.1) is 11.6 Å². The molecule has 0 atom stereocenters. The van der Waals surface area contributed by atoms with Crippen molar-refractivity contribution in [3.8, 4) is 11.4 Å². The van der Waals surface area contributed by atoms with E-state index in [0.717, 1.165) is 18.9 Å². The molecule has 1 aromatic carbocycles. The summed E-state index contributed by atoms with van der Waals surface area (Å²) < 4.78 is 27.9. The topological polar surface area (TPSA) is 30.7 Å².